The van der Waals surface area contributed by atoms with Crippen LogP contribution in [0.3, 0.4) is 0 Å². The Labute approximate surface area is 136 Å². The zero-order chi connectivity index (χ0) is 17.4. The van der Waals surface area contributed by atoms with Crippen molar-refractivity contribution in [1.82, 2.24) is 0 Å². The molecule has 0 fully saturated rings. The summed E-state index contributed by atoms with van der Waals surface area (Å²) in [4.78, 5) is 22.7. The standard InChI is InChI=1S/C15H30O5Si2/c1-13(2)19-15(17)10-9-14(16)18-11-8-12-22(6,7)20-21(3,4)5/h9-10,13H,8,11-12H2,1-7H3/b10-9+. The molecule has 0 aromatic carbocycles. The first kappa shape index (κ1) is 21.1. The lowest BCUT2D eigenvalue weighted by atomic mass is 10.4. The van der Waals surface area contributed by atoms with Crippen LogP contribution in [0.25, 0.3) is 0 Å². The minimum absolute atomic E-state index is 0.202. The van der Waals surface area contributed by atoms with Gasteiger partial charge in [-0.25, -0.2) is 9.59 Å². The third kappa shape index (κ3) is 12.8. The van der Waals surface area contributed by atoms with Crippen molar-refractivity contribution in [2.75, 3.05) is 6.61 Å². The molecule has 5 nitrogen and oxygen atoms in total. The zero-order valence-corrected chi connectivity index (χ0v) is 16.9. The summed E-state index contributed by atoms with van der Waals surface area (Å²) in [5.74, 6) is -1.06. The second-order valence-corrected chi connectivity index (χ2v) is 16.1. The van der Waals surface area contributed by atoms with Crippen LogP contribution in [0.2, 0.25) is 38.8 Å². The number of ether oxygens (including phenoxy) is 2. The SMILES string of the molecule is CC(C)OC(=O)/C=C/C(=O)OCCC[Si](C)(C)O[Si](C)(C)C. The van der Waals surface area contributed by atoms with Crippen molar-refractivity contribution in [3.05, 3.63) is 12.2 Å². The maximum Gasteiger partial charge on any atom is 0.331 e. The molecule has 0 saturated heterocycles. The first-order chi connectivity index (χ1) is 9.91. The average molecular weight is 347 g/mol. The Kier molecular flexibility index (Phi) is 8.88. The molecule has 7 heteroatoms. The van der Waals surface area contributed by atoms with Crippen molar-refractivity contribution in [3.63, 3.8) is 0 Å². The summed E-state index contributed by atoms with van der Waals surface area (Å²) in [6.07, 6.45) is 2.77. The van der Waals surface area contributed by atoms with Gasteiger partial charge in [-0.3, -0.25) is 0 Å². The fourth-order valence-corrected chi connectivity index (χ4v) is 10.0. The van der Waals surface area contributed by atoms with E-state index in [1.807, 2.05) is 0 Å². The molecule has 0 N–H and O–H groups in total. The Morgan fingerprint density at radius 3 is 2.05 bits per heavy atom. The molecule has 0 aliphatic carbocycles. The van der Waals surface area contributed by atoms with Gasteiger partial charge in [-0.2, -0.15) is 0 Å². The maximum atomic E-state index is 11.5. The lowest BCUT2D eigenvalue weighted by molar-refractivity contribution is -0.142. The van der Waals surface area contributed by atoms with Crippen LogP contribution in [0, 0.1) is 0 Å². The van der Waals surface area contributed by atoms with Gasteiger partial charge in [0.15, 0.2) is 16.6 Å². The molecule has 0 aromatic heterocycles. The van der Waals surface area contributed by atoms with Crippen LogP contribution in [0.15, 0.2) is 12.2 Å². The molecule has 0 bridgehead atoms. The van der Waals surface area contributed by atoms with E-state index in [2.05, 4.69) is 32.7 Å². The number of hydrogen-bond donors (Lipinski definition) is 0. The van der Waals surface area contributed by atoms with Crippen molar-refractivity contribution in [3.8, 4) is 0 Å². The van der Waals surface area contributed by atoms with E-state index in [-0.39, 0.29) is 6.10 Å². The molecule has 0 heterocycles. The molecular formula is C15H30O5Si2. The second-order valence-electron chi connectivity index (χ2n) is 7.06. The van der Waals surface area contributed by atoms with Crippen LogP contribution in [-0.2, 0) is 23.2 Å². The smallest absolute Gasteiger partial charge is 0.331 e. The Morgan fingerprint density at radius 2 is 1.55 bits per heavy atom. The molecule has 0 saturated carbocycles. The number of carbonyl (C=O) groups is 2. The monoisotopic (exact) mass is 346 g/mol. The highest BCUT2D eigenvalue weighted by Gasteiger charge is 2.28. The summed E-state index contributed by atoms with van der Waals surface area (Å²) in [7, 11) is -3.21. The van der Waals surface area contributed by atoms with E-state index in [1.165, 1.54) is 0 Å². The van der Waals surface area contributed by atoms with Gasteiger partial charge < -0.3 is 13.6 Å². The predicted octanol–water partition coefficient (Wildman–Crippen LogP) is 3.48. The van der Waals surface area contributed by atoms with E-state index in [1.54, 1.807) is 13.8 Å². The van der Waals surface area contributed by atoms with E-state index in [0.29, 0.717) is 6.61 Å². The molecule has 0 unspecified atom stereocenters. The van der Waals surface area contributed by atoms with Crippen LogP contribution in [-0.4, -0.2) is 41.3 Å². The fraction of sp³-hybridized carbons (Fsp3) is 0.733. The van der Waals surface area contributed by atoms with E-state index in [4.69, 9.17) is 13.6 Å². The van der Waals surface area contributed by atoms with Gasteiger partial charge in [-0.05, 0) is 59.0 Å². The molecule has 22 heavy (non-hydrogen) atoms. The predicted molar refractivity (Wildman–Crippen MR) is 92.7 cm³/mol. The molecular weight excluding hydrogens is 316 g/mol. The molecule has 128 valence electrons. The summed E-state index contributed by atoms with van der Waals surface area (Å²) in [6, 6.07) is 0.948. The highest BCUT2D eigenvalue weighted by Crippen LogP contribution is 2.19. The molecule has 0 spiro atoms. The van der Waals surface area contributed by atoms with E-state index < -0.39 is 28.6 Å². The largest absolute Gasteiger partial charge is 0.463 e. The summed E-state index contributed by atoms with van der Waals surface area (Å²) < 4.78 is 16.2. The number of esters is 2. The lowest BCUT2D eigenvalue weighted by Crippen LogP contribution is -2.42. The van der Waals surface area contributed by atoms with Gasteiger partial charge in [0, 0.05) is 12.2 Å². The van der Waals surface area contributed by atoms with Crippen molar-refractivity contribution < 1.29 is 23.2 Å². The van der Waals surface area contributed by atoms with Crippen LogP contribution >= 0.6 is 0 Å². The molecule has 0 aliphatic rings. The van der Waals surface area contributed by atoms with Crippen LogP contribution < -0.4 is 0 Å². The average Bonchev–Trinajstić information content (AvgIpc) is 2.28. The Morgan fingerprint density at radius 1 is 1.00 bits per heavy atom. The van der Waals surface area contributed by atoms with Crippen LogP contribution in [0.4, 0.5) is 0 Å². The second kappa shape index (κ2) is 9.27. The van der Waals surface area contributed by atoms with Crippen molar-refractivity contribution >= 4 is 28.6 Å². The van der Waals surface area contributed by atoms with Gasteiger partial charge in [-0.1, -0.05) is 0 Å². The number of rotatable bonds is 9. The highest BCUT2D eigenvalue weighted by atomic mass is 28.4. The highest BCUT2D eigenvalue weighted by molar-refractivity contribution is 6.84. The number of carbonyl (C=O) groups excluding carboxylic acids is 2. The first-order valence-electron chi connectivity index (χ1n) is 7.67. The summed E-state index contributed by atoms with van der Waals surface area (Å²) >= 11 is 0. The molecule has 0 amide bonds. The number of hydrogen-bond acceptors (Lipinski definition) is 5. The third-order valence-corrected chi connectivity index (χ3v) is 8.67. The van der Waals surface area contributed by atoms with Crippen molar-refractivity contribution in [2.45, 2.75) is 65.2 Å². The Hall–Kier alpha value is -0.926. The van der Waals surface area contributed by atoms with Gasteiger partial charge >= 0.3 is 11.9 Å². The molecule has 0 aromatic rings. The van der Waals surface area contributed by atoms with Gasteiger partial charge in [0.25, 0.3) is 0 Å². The molecule has 0 rings (SSSR count). The van der Waals surface area contributed by atoms with Crippen LogP contribution in [0.1, 0.15) is 20.3 Å². The Balaban J connectivity index is 3.99. The minimum atomic E-state index is -1.69. The Bertz CT molecular complexity index is 397. The topological polar surface area (TPSA) is 61.8 Å². The fourth-order valence-electron chi connectivity index (χ4n) is 2.01. The molecule has 0 radical (unpaired) electrons. The van der Waals surface area contributed by atoms with Gasteiger partial charge in [0.05, 0.1) is 12.7 Å². The summed E-state index contributed by atoms with van der Waals surface area (Å²) in [6.45, 7) is 14.8. The maximum absolute atomic E-state index is 11.5. The summed E-state index contributed by atoms with van der Waals surface area (Å²) in [5, 5.41) is 0. The van der Waals surface area contributed by atoms with Gasteiger partial charge in [-0.15, -0.1) is 0 Å². The zero-order valence-electron chi connectivity index (χ0n) is 14.9. The lowest BCUT2D eigenvalue weighted by Gasteiger charge is -2.31. The normalized spacial score (nSPS) is 12.7. The minimum Gasteiger partial charge on any atom is -0.463 e. The van der Waals surface area contributed by atoms with Gasteiger partial charge in [0.2, 0.25) is 0 Å². The van der Waals surface area contributed by atoms with E-state index in [9.17, 15) is 9.59 Å². The summed E-state index contributed by atoms with van der Waals surface area (Å²) in [5.41, 5.74) is 0. The van der Waals surface area contributed by atoms with E-state index in [0.717, 1.165) is 24.6 Å². The van der Waals surface area contributed by atoms with Gasteiger partial charge in [0.1, 0.15) is 0 Å². The quantitative estimate of drug-likeness (QED) is 0.277. The molecule has 0 aliphatic heterocycles. The van der Waals surface area contributed by atoms with Crippen molar-refractivity contribution in [2.24, 2.45) is 0 Å². The third-order valence-electron chi connectivity index (χ3n) is 2.46. The van der Waals surface area contributed by atoms with E-state index >= 15 is 0 Å². The first-order valence-corrected chi connectivity index (χ1v) is 14.2. The van der Waals surface area contributed by atoms with Crippen molar-refractivity contribution in [1.29, 1.82) is 0 Å². The molecule has 0 atom stereocenters. The van der Waals surface area contributed by atoms with Crippen LogP contribution in [0.5, 0.6) is 0 Å².